The zero-order valence-electron chi connectivity index (χ0n) is 8.87. The molecule has 1 aliphatic heterocycles. The van der Waals surface area contributed by atoms with Crippen LogP contribution in [0.15, 0.2) is 29.4 Å². The molecule has 6 heteroatoms. The zero-order chi connectivity index (χ0) is 12.3. The van der Waals surface area contributed by atoms with Crippen molar-refractivity contribution in [3.8, 4) is 0 Å². The van der Waals surface area contributed by atoms with Gasteiger partial charge in [-0.3, -0.25) is 14.7 Å². The maximum Gasteiger partial charge on any atom is 0.266 e. The number of aromatic nitrogens is 1. The minimum absolute atomic E-state index is 0.0883. The van der Waals surface area contributed by atoms with E-state index < -0.39 is 0 Å². The summed E-state index contributed by atoms with van der Waals surface area (Å²) < 4.78 is 0.490. The van der Waals surface area contributed by atoms with Gasteiger partial charge in [-0.05, 0) is 23.8 Å². The molecule has 0 aliphatic carbocycles. The first kappa shape index (κ1) is 12.2. The van der Waals surface area contributed by atoms with E-state index in [0.717, 1.165) is 5.56 Å². The molecule has 0 saturated carbocycles. The Morgan fingerprint density at radius 3 is 2.82 bits per heavy atom. The first-order valence-electron chi connectivity index (χ1n) is 4.98. The van der Waals surface area contributed by atoms with Crippen molar-refractivity contribution in [3.05, 3.63) is 35.0 Å². The summed E-state index contributed by atoms with van der Waals surface area (Å²) in [5.41, 5.74) is 0.907. The van der Waals surface area contributed by atoms with Gasteiger partial charge in [0, 0.05) is 12.4 Å². The first-order valence-corrected chi connectivity index (χ1v) is 6.21. The summed E-state index contributed by atoms with van der Waals surface area (Å²) in [6, 6.07) is 3.64. The number of thiocarbonyl (C=S) groups is 1. The Hall–Kier alpha value is -1.24. The summed E-state index contributed by atoms with van der Waals surface area (Å²) >= 11 is 6.33. The molecule has 2 heterocycles. The number of carbonyl (C=O) groups excluding carboxylic acids is 1. The molecule has 2 rings (SSSR count). The van der Waals surface area contributed by atoms with Gasteiger partial charge >= 0.3 is 0 Å². The molecule has 88 valence electrons. The molecule has 0 unspecified atom stereocenters. The molecule has 0 aromatic carbocycles. The van der Waals surface area contributed by atoms with Gasteiger partial charge < -0.3 is 5.11 Å². The Morgan fingerprint density at radius 2 is 2.18 bits per heavy atom. The largest absolute Gasteiger partial charge is 0.395 e. The number of aliphatic hydroxyl groups is 1. The highest BCUT2D eigenvalue weighted by molar-refractivity contribution is 8.26. The molecule has 1 aliphatic rings. The van der Waals surface area contributed by atoms with E-state index in [2.05, 4.69) is 4.98 Å². The predicted molar refractivity (Wildman–Crippen MR) is 71.2 cm³/mol. The Kier molecular flexibility index (Phi) is 3.88. The van der Waals surface area contributed by atoms with Crippen LogP contribution < -0.4 is 0 Å². The van der Waals surface area contributed by atoms with Crippen molar-refractivity contribution in [3.63, 3.8) is 0 Å². The molecule has 1 fully saturated rings. The second-order valence-corrected chi connectivity index (χ2v) is 5.01. The van der Waals surface area contributed by atoms with Crippen molar-refractivity contribution in [1.82, 2.24) is 9.88 Å². The van der Waals surface area contributed by atoms with Gasteiger partial charge in [0.15, 0.2) is 0 Å². The van der Waals surface area contributed by atoms with Crippen molar-refractivity contribution >= 4 is 40.3 Å². The van der Waals surface area contributed by atoms with Crippen LogP contribution in [0.1, 0.15) is 5.56 Å². The lowest BCUT2D eigenvalue weighted by atomic mass is 10.2. The van der Waals surface area contributed by atoms with Crippen molar-refractivity contribution in [2.24, 2.45) is 0 Å². The van der Waals surface area contributed by atoms with Gasteiger partial charge in [-0.2, -0.15) is 0 Å². The maximum atomic E-state index is 11.9. The van der Waals surface area contributed by atoms with E-state index in [1.165, 1.54) is 16.7 Å². The lowest BCUT2D eigenvalue weighted by Gasteiger charge is -2.11. The topological polar surface area (TPSA) is 53.4 Å². The number of amides is 1. The number of carbonyl (C=O) groups is 1. The minimum atomic E-state index is -0.147. The van der Waals surface area contributed by atoms with Crippen LogP contribution in [-0.4, -0.2) is 38.4 Å². The molecule has 1 aromatic heterocycles. The monoisotopic (exact) mass is 266 g/mol. The number of nitrogens with zero attached hydrogens (tertiary/aromatic N) is 2. The molecule has 0 radical (unpaired) electrons. The highest BCUT2D eigenvalue weighted by atomic mass is 32.2. The van der Waals surface area contributed by atoms with E-state index in [9.17, 15) is 4.79 Å². The lowest BCUT2D eigenvalue weighted by Crippen LogP contribution is -2.30. The van der Waals surface area contributed by atoms with Gasteiger partial charge in [0.25, 0.3) is 5.91 Å². The van der Waals surface area contributed by atoms with E-state index in [-0.39, 0.29) is 19.1 Å². The quantitative estimate of drug-likeness (QED) is 0.659. The smallest absolute Gasteiger partial charge is 0.266 e. The molecule has 1 amide bonds. The van der Waals surface area contributed by atoms with Gasteiger partial charge in [-0.25, -0.2) is 0 Å². The zero-order valence-corrected chi connectivity index (χ0v) is 10.5. The van der Waals surface area contributed by atoms with Gasteiger partial charge in [0.05, 0.1) is 18.1 Å². The second-order valence-electron chi connectivity index (χ2n) is 3.34. The summed E-state index contributed by atoms with van der Waals surface area (Å²) in [6.45, 7) is 0.160. The standard InChI is InChI=1S/C11H10N2O2S2/c14-6-5-13-10(15)9(17-11(13)16)7-8-1-3-12-4-2-8/h1-4,7,14H,5-6H2/b9-7-. The third kappa shape index (κ3) is 2.71. The summed E-state index contributed by atoms with van der Waals surface area (Å²) in [6.07, 6.45) is 5.11. The third-order valence-electron chi connectivity index (χ3n) is 2.20. The average molecular weight is 266 g/mol. The molecule has 17 heavy (non-hydrogen) atoms. The molecular formula is C11H10N2O2S2. The van der Waals surface area contributed by atoms with Crippen molar-refractivity contribution in [2.45, 2.75) is 0 Å². The van der Waals surface area contributed by atoms with E-state index >= 15 is 0 Å². The highest BCUT2D eigenvalue weighted by Crippen LogP contribution is 2.31. The van der Waals surface area contributed by atoms with Gasteiger partial charge in [-0.15, -0.1) is 0 Å². The van der Waals surface area contributed by atoms with Crippen molar-refractivity contribution in [2.75, 3.05) is 13.2 Å². The Balaban J connectivity index is 2.22. The summed E-state index contributed by atoms with van der Waals surface area (Å²) in [5, 5.41) is 8.85. The molecule has 0 spiro atoms. The van der Waals surface area contributed by atoms with Crippen molar-refractivity contribution in [1.29, 1.82) is 0 Å². The molecule has 1 N–H and O–H groups in total. The number of aliphatic hydroxyl groups excluding tert-OH is 1. The van der Waals surface area contributed by atoms with Crippen LogP contribution in [-0.2, 0) is 4.79 Å². The van der Waals surface area contributed by atoms with Crippen LogP contribution in [0, 0.1) is 0 Å². The third-order valence-corrected chi connectivity index (χ3v) is 3.58. The Bertz CT molecular complexity index is 474. The molecular weight excluding hydrogens is 256 g/mol. The molecule has 0 bridgehead atoms. The minimum Gasteiger partial charge on any atom is -0.395 e. The van der Waals surface area contributed by atoms with Gasteiger partial charge in [0.2, 0.25) is 0 Å². The maximum absolute atomic E-state index is 11.9. The average Bonchev–Trinajstić information content (AvgIpc) is 2.59. The van der Waals surface area contributed by atoms with E-state index in [1.54, 1.807) is 18.5 Å². The Morgan fingerprint density at radius 1 is 1.47 bits per heavy atom. The van der Waals surface area contributed by atoms with E-state index in [1.807, 2.05) is 12.1 Å². The predicted octanol–water partition coefficient (Wildman–Crippen LogP) is 1.28. The molecule has 1 saturated heterocycles. The normalized spacial score (nSPS) is 18.2. The van der Waals surface area contributed by atoms with E-state index in [4.69, 9.17) is 17.3 Å². The fourth-order valence-corrected chi connectivity index (χ4v) is 2.71. The van der Waals surface area contributed by atoms with Crippen LogP contribution in [0.2, 0.25) is 0 Å². The SMILES string of the molecule is O=C1/C(=C/c2ccncc2)SC(=S)N1CCO. The van der Waals surface area contributed by atoms with Crippen LogP contribution in [0.4, 0.5) is 0 Å². The van der Waals surface area contributed by atoms with Crippen LogP contribution in [0.25, 0.3) is 6.08 Å². The Labute approximate surface area is 108 Å². The molecule has 4 nitrogen and oxygen atoms in total. The fraction of sp³-hybridized carbons (Fsp3) is 0.182. The molecule has 1 aromatic rings. The fourth-order valence-electron chi connectivity index (χ4n) is 1.40. The summed E-state index contributed by atoms with van der Waals surface area (Å²) in [5.74, 6) is -0.147. The van der Waals surface area contributed by atoms with Crippen LogP contribution >= 0.6 is 24.0 Å². The number of rotatable bonds is 3. The van der Waals surface area contributed by atoms with Gasteiger partial charge in [0.1, 0.15) is 4.32 Å². The van der Waals surface area contributed by atoms with Crippen LogP contribution in [0.5, 0.6) is 0 Å². The van der Waals surface area contributed by atoms with Crippen molar-refractivity contribution < 1.29 is 9.90 Å². The first-order chi connectivity index (χ1) is 8.22. The molecule has 0 atom stereocenters. The number of hydrogen-bond donors (Lipinski definition) is 1. The number of thioether (sulfide) groups is 1. The lowest BCUT2D eigenvalue weighted by molar-refractivity contribution is -0.122. The highest BCUT2D eigenvalue weighted by Gasteiger charge is 2.31. The number of pyridine rings is 1. The summed E-state index contributed by atoms with van der Waals surface area (Å²) in [7, 11) is 0. The van der Waals surface area contributed by atoms with Gasteiger partial charge in [-0.1, -0.05) is 24.0 Å². The van der Waals surface area contributed by atoms with Crippen LogP contribution in [0.3, 0.4) is 0 Å². The number of hydrogen-bond acceptors (Lipinski definition) is 5. The summed E-state index contributed by atoms with van der Waals surface area (Å²) in [4.78, 5) is 17.8. The van der Waals surface area contributed by atoms with E-state index in [0.29, 0.717) is 9.23 Å². The second kappa shape index (κ2) is 5.39. The number of β-amino-alcohol motifs (C(OH)–C–C–N with tert-alkyl or cyclic N) is 1.